The fraction of sp³-hybridized carbons (Fsp3) is 0.333. The van der Waals surface area contributed by atoms with E-state index in [4.69, 9.17) is 0 Å². The molecule has 1 aliphatic rings. The topological polar surface area (TPSA) is 52.7 Å². The first-order valence-corrected chi connectivity index (χ1v) is 12.6. The number of nitrogens with zero attached hydrogens (tertiary/aromatic N) is 2. The van der Waals surface area contributed by atoms with Crippen LogP contribution in [-0.2, 0) is 17.9 Å². The van der Waals surface area contributed by atoms with Gasteiger partial charge in [0.2, 0.25) is 5.91 Å². The van der Waals surface area contributed by atoms with Crippen LogP contribution in [0, 0.1) is 5.82 Å². The predicted molar refractivity (Wildman–Crippen MR) is 134 cm³/mol. The molecule has 1 saturated carbocycles. The number of nitrogens with one attached hydrogen (secondary N) is 1. The fourth-order valence-corrected chi connectivity index (χ4v) is 5.11. The maximum Gasteiger partial charge on any atom is 0.322 e. The molecule has 3 aromatic rings. The lowest BCUT2D eigenvalue weighted by molar-refractivity contribution is -0.133. The second kappa shape index (κ2) is 11.8. The van der Waals surface area contributed by atoms with Crippen LogP contribution in [0.1, 0.15) is 42.5 Å². The molecule has 0 bridgehead atoms. The van der Waals surface area contributed by atoms with E-state index in [2.05, 4.69) is 5.32 Å². The molecule has 7 heteroatoms. The molecule has 34 heavy (non-hydrogen) atoms. The van der Waals surface area contributed by atoms with Crippen molar-refractivity contribution in [3.8, 4) is 0 Å². The van der Waals surface area contributed by atoms with E-state index in [0.29, 0.717) is 18.8 Å². The first-order chi connectivity index (χ1) is 16.6. The molecule has 0 saturated heterocycles. The molecule has 1 fully saturated rings. The number of urea groups is 1. The lowest BCUT2D eigenvalue weighted by Gasteiger charge is -2.35. The maximum atomic E-state index is 13.7. The highest BCUT2D eigenvalue weighted by atomic mass is 32.1. The zero-order valence-corrected chi connectivity index (χ0v) is 20.0. The second-order valence-electron chi connectivity index (χ2n) is 8.67. The summed E-state index contributed by atoms with van der Waals surface area (Å²) in [7, 11) is 0. The first-order valence-electron chi connectivity index (χ1n) is 11.8. The van der Waals surface area contributed by atoms with Gasteiger partial charge in [-0.3, -0.25) is 4.79 Å². The molecular formula is C27H30FN3O2S. The van der Waals surface area contributed by atoms with Gasteiger partial charge in [-0.2, -0.15) is 0 Å². The number of anilines is 1. The van der Waals surface area contributed by atoms with Gasteiger partial charge in [0.05, 0.1) is 6.54 Å². The average molecular weight is 480 g/mol. The summed E-state index contributed by atoms with van der Waals surface area (Å²) in [5.74, 6) is -0.514. The Kier molecular flexibility index (Phi) is 8.31. The molecule has 2 aromatic carbocycles. The summed E-state index contributed by atoms with van der Waals surface area (Å²) < 4.78 is 13.7. The van der Waals surface area contributed by atoms with Gasteiger partial charge in [0.1, 0.15) is 12.4 Å². The van der Waals surface area contributed by atoms with E-state index in [1.54, 1.807) is 28.4 Å². The van der Waals surface area contributed by atoms with E-state index in [9.17, 15) is 14.0 Å². The van der Waals surface area contributed by atoms with Crippen molar-refractivity contribution in [2.45, 2.75) is 51.2 Å². The van der Waals surface area contributed by atoms with E-state index in [1.165, 1.54) is 12.1 Å². The molecular weight excluding hydrogens is 449 g/mol. The van der Waals surface area contributed by atoms with Crippen molar-refractivity contribution in [1.29, 1.82) is 0 Å². The summed E-state index contributed by atoms with van der Waals surface area (Å²) >= 11 is 1.61. The minimum absolute atomic E-state index is 0.00780. The quantitative estimate of drug-likeness (QED) is 0.413. The molecule has 5 nitrogen and oxygen atoms in total. The second-order valence-corrected chi connectivity index (χ2v) is 9.71. The van der Waals surface area contributed by atoms with Gasteiger partial charge in [-0.1, -0.05) is 61.7 Å². The standard InChI is InChI=1S/C27H30FN3O2S/c28-22-11-7-12-23(17-22)29-27(33)31(24-13-5-2-6-14-24)20-26(32)30(19-25-15-8-16-34-25)18-21-9-3-1-4-10-21/h1,3-4,7-12,15-17,24H,2,5-6,13-14,18-20H2,(H,29,33). The van der Waals surface area contributed by atoms with E-state index in [-0.39, 0.29) is 24.5 Å². The summed E-state index contributed by atoms with van der Waals surface area (Å²) in [5.41, 5.74) is 1.43. The molecule has 1 N–H and O–H groups in total. The fourth-order valence-electron chi connectivity index (χ4n) is 4.39. The monoisotopic (exact) mass is 479 g/mol. The van der Waals surface area contributed by atoms with Crippen molar-refractivity contribution in [3.63, 3.8) is 0 Å². The van der Waals surface area contributed by atoms with E-state index in [0.717, 1.165) is 42.5 Å². The summed E-state index contributed by atoms with van der Waals surface area (Å²) in [4.78, 5) is 31.4. The van der Waals surface area contributed by atoms with Gasteiger partial charge in [0, 0.05) is 23.2 Å². The van der Waals surface area contributed by atoms with Gasteiger partial charge < -0.3 is 15.1 Å². The van der Waals surface area contributed by atoms with Gasteiger partial charge >= 0.3 is 6.03 Å². The van der Waals surface area contributed by atoms with Crippen LogP contribution in [0.3, 0.4) is 0 Å². The van der Waals surface area contributed by atoms with Gasteiger partial charge in [-0.05, 0) is 48.1 Å². The molecule has 178 valence electrons. The summed E-state index contributed by atoms with van der Waals surface area (Å²) in [5, 5.41) is 4.80. The largest absolute Gasteiger partial charge is 0.332 e. The smallest absolute Gasteiger partial charge is 0.322 e. The minimum Gasteiger partial charge on any atom is -0.332 e. The normalized spacial score (nSPS) is 13.9. The Bertz CT molecular complexity index is 1070. The highest BCUT2D eigenvalue weighted by Crippen LogP contribution is 2.24. The van der Waals surface area contributed by atoms with Crippen LogP contribution in [0.25, 0.3) is 0 Å². The van der Waals surface area contributed by atoms with Crippen LogP contribution < -0.4 is 5.32 Å². The Balaban J connectivity index is 1.52. The number of hydrogen-bond acceptors (Lipinski definition) is 3. The van der Waals surface area contributed by atoms with Crippen molar-refractivity contribution < 1.29 is 14.0 Å². The number of carbonyl (C=O) groups is 2. The maximum absolute atomic E-state index is 13.7. The Labute approximate surface area is 204 Å². The van der Waals surface area contributed by atoms with Crippen molar-refractivity contribution in [1.82, 2.24) is 9.80 Å². The summed E-state index contributed by atoms with van der Waals surface area (Å²) in [6.07, 6.45) is 4.94. The third-order valence-corrected chi connectivity index (χ3v) is 7.01. The Morgan fingerprint density at radius 3 is 2.44 bits per heavy atom. The van der Waals surface area contributed by atoms with Crippen LogP contribution in [-0.4, -0.2) is 34.3 Å². The molecule has 1 heterocycles. The zero-order chi connectivity index (χ0) is 23.8. The third kappa shape index (κ3) is 6.67. The van der Waals surface area contributed by atoms with Crippen LogP contribution in [0.4, 0.5) is 14.9 Å². The van der Waals surface area contributed by atoms with Crippen LogP contribution in [0.15, 0.2) is 72.1 Å². The highest BCUT2D eigenvalue weighted by Gasteiger charge is 2.29. The Morgan fingerprint density at radius 2 is 1.74 bits per heavy atom. The zero-order valence-electron chi connectivity index (χ0n) is 19.2. The van der Waals surface area contributed by atoms with Crippen LogP contribution >= 0.6 is 11.3 Å². The van der Waals surface area contributed by atoms with Crippen LogP contribution in [0.5, 0.6) is 0 Å². The molecule has 0 unspecified atom stereocenters. The first kappa shape index (κ1) is 24.0. The van der Waals surface area contributed by atoms with Crippen molar-refractivity contribution >= 4 is 29.0 Å². The van der Waals surface area contributed by atoms with Crippen molar-refractivity contribution in [2.75, 3.05) is 11.9 Å². The molecule has 0 spiro atoms. The highest BCUT2D eigenvalue weighted by molar-refractivity contribution is 7.09. The number of carbonyl (C=O) groups excluding carboxylic acids is 2. The molecule has 1 aliphatic carbocycles. The SMILES string of the molecule is O=C(CN(C(=O)Nc1cccc(F)c1)C1CCCCC1)N(Cc1ccccc1)Cc1cccs1. The van der Waals surface area contributed by atoms with Gasteiger partial charge in [0.15, 0.2) is 0 Å². The third-order valence-electron chi connectivity index (χ3n) is 6.15. The molecule has 3 amide bonds. The van der Waals surface area contributed by atoms with Crippen LogP contribution in [0.2, 0.25) is 0 Å². The molecule has 0 atom stereocenters. The van der Waals surface area contributed by atoms with E-state index >= 15 is 0 Å². The number of thiophene rings is 1. The average Bonchev–Trinajstić information content (AvgIpc) is 3.36. The number of hydrogen-bond donors (Lipinski definition) is 1. The van der Waals surface area contributed by atoms with Crippen molar-refractivity contribution in [3.05, 3.63) is 88.4 Å². The lowest BCUT2D eigenvalue weighted by atomic mass is 9.94. The number of amides is 3. The van der Waals surface area contributed by atoms with E-state index in [1.807, 2.05) is 52.7 Å². The van der Waals surface area contributed by atoms with Gasteiger partial charge in [-0.25, -0.2) is 9.18 Å². The molecule has 1 aromatic heterocycles. The molecule has 0 radical (unpaired) electrons. The number of benzene rings is 2. The summed E-state index contributed by atoms with van der Waals surface area (Å²) in [6, 6.07) is 19.4. The molecule has 0 aliphatic heterocycles. The lowest BCUT2D eigenvalue weighted by Crippen LogP contribution is -2.49. The minimum atomic E-state index is -0.414. The molecule has 4 rings (SSSR count). The van der Waals surface area contributed by atoms with Gasteiger partial charge in [0.25, 0.3) is 0 Å². The summed E-state index contributed by atoms with van der Waals surface area (Å²) in [6.45, 7) is 0.959. The number of halogens is 1. The van der Waals surface area contributed by atoms with E-state index < -0.39 is 5.82 Å². The Hall–Kier alpha value is -3.19. The van der Waals surface area contributed by atoms with Gasteiger partial charge in [-0.15, -0.1) is 11.3 Å². The van der Waals surface area contributed by atoms with Crippen molar-refractivity contribution in [2.24, 2.45) is 0 Å². The Morgan fingerprint density at radius 1 is 0.941 bits per heavy atom. The number of rotatable bonds is 8. The predicted octanol–water partition coefficient (Wildman–Crippen LogP) is 6.28.